The van der Waals surface area contributed by atoms with Gasteiger partial charge in [-0.1, -0.05) is 0 Å². The lowest BCUT2D eigenvalue weighted by Gasteiger charge is -2.37. The van der Waals surface area contributed by atoms with E-state index in [1.54, 1.807) is 30.7 Å². The molecule has 0 amide bonds. The second kappa shape index (κ2) is 12.9. The van der Waals surface area contributed by atoms with Crippen molar-refractivity contribution in [1.29, 1.82) is 0 Å². The summed E-state index contributed by atoms with van der Waals surface area (Å²) in [6, 6.07) is 10.6. The third-order valence-electron chi connectivity index (χ3n) is 8.26. The lowest BCUT2D eigenvalue weighted by atomic mass is 9.89. The molecule has 1 aliphatic heterocycles. The molecule has 0 bridgehead atoms. The van der Waals surface area contributed by atoms with Crippen LogP contribution in [0.5, 0.6) is 0 Å². The summed E-state index contributed by atoms with van der Waals surface area (Å²) in [7, 11) is 0. The van der Waals surface area contributed by atoms with Crippen molar-refractivity contribution in [1.82, 2.24) is 40.1 Å². The molecule has 2 atom stereocenters. The van der Waals surface area contributed by atoms with Gasteiger partial charge in [0.25, 0.3) is 0 Å². The molecule has 0 saturated carbocycles. The Hall–Kier alpha value is -4.62. The van der Waals surface area contributed by atoms with Crippen LogP contribution in [-0.4, -0.2) is 57.6 Å². The van der Waals surface area contributed by atoms with Gasteiger partial charge >= 0.3 is 5.97 Å². The smallest absolute Gasteiger partial charge is 0.335 e. The van der Waals surface area contributed by atoms with Crippen LogP contribution in [0.15, 0.2) is 61.2 Å². The van der Waals surface area contributed by atoms with E-state index >= 15 is 0 Å². The van der Waals surface area contributed by atoms with Gasteiger partial charge in [0.15, 0.2) is 0 Å². The van der Waals surface area contributed by atoms with Gasteiger partial charge in [0, 0.05) is 36.3 Å². The van der Waals surface area contributed by atoms with E-state index in [0.29, 0.717) is 13.1 Å². The number of piperidine rings is 1. The van der Waals surface area contributed by atoms with Crippen molar-refractivity contribution in [3.05, 3.63) is 101 Å². The number of aromatic nitrogens is 6. The highest BCUT2D eigenvalue weighted by molar-refractivity contribution is 5.92. The fraction of sp³-hybridized carbons (Fsp3) is 0.355. The molecule has 11 nitrogen and oxygen atoms in total. The summed E-state index contributed by atoms with van der Waals surface area (Å²) in [5, 5.41) is 14.2. The van der Waals surface area contributed by atoms with Crippen LogP contribution in [0, 0.1) is 11.6 Å². The topological polar surface area (TPSA) is 138 Å². The highest BCUT2D eigenvalue weighted by Gasteiger charge is 2.29. The quantitative estimate of drug-likeness (QED) is 0.226. The number of fused-ring (bicyclic) bond motifs is 1. The zero-order chi connectivity index (χ0) is 30.1. The number of benzene rings is 2. The second-order valence-electron chi connectivity index (χ2n) is 11.0. The molecule has 4 heterocycles. The Bertz CT molecular complexity index is 1760. The fourth-order valence-corrected chi connectivity index (χ4v) is 5.82. The number of aromatic carboxylic acids is 1. The summed E-state index contributed by atoms with van der Waals surface area (Å²) in [5.74, 6) is -1.15. The Labute approximate surface area is 253 Å². The minimum atomic E-state index is -0.971. The van der Waals surface area contributed by atoms with Gasteiger partial charge in [0.05, 0.1) is 53.6 Å². The largest absolute Gasteiger partial charge is 0.478 e. The van der Waals surface area contributed by atoms with Gasteiger partial charge in [0.1, 0.15) is 24.1 Å². The zero-order valence-electron chi connectivity index (χ0n) is 24.7. The highest BCUT2D eigenvalue weighted by Crippen LogP contribution is 2.32. The van der Waals surface area contributed by atoms with E-state index in [4.69, 9.17) is 9.82 Å². The lowest BCUT2D eigenvalue weighted by Crippen LogP contribution is -2.40. The molecule has 1 fully saturated rings. The van der Waals surface area contributed by atoms with Crippen molar-refractivity contribution in [2.45, 2.75) is 64.9 Å². The Morgan fingerprint density at radius 2 is 1.98 bits per heavy atom. The molecule has 2 aromatic carbocycles. The Morgan fingerprint density at radius 1 is 1.14 bits per heavy atom. The third kappa shape index (κ3) is 6.33. The molecule has 5 aromatic rings. The van der Waals surface area contributed by atoms with E-state index in [1.807, 2.05) is 12.3 Å². The number of rotatable bonds is 10. The van der Waals surface area contributed by atoms with Crippen molar-refractivity contribution >= 4 is 17.0 Å². The van der Waals surface area contributed by atoms with Crippen molar-refractivity contribution in [2.75, 3.05) is 6.54 Å². The molecule has 1 aliphatic rings. The SMILES string of the molecule is CCn1cncc1Cn1c(CN2CCC(c3ccn(OCc4ccc(F)cc4F)n3)CC2C)nc2ccc(C(=O)O)cc21.N. The first-order chi connectivity index (χ1) is 20.8. The lowest BCUT2D eigenvalue weighted by molar-refractivity contribution is 0.0659. The number of carbonyl (C=O) groups is 1. The highest BCUT2D eigenvalue weighted by atomic mass is 19.1. The molecule has 0 aliphatic carbocycles. The van der Waals surface area contributed by atoms with Crippen LogP contribution in [0.3, 0.4) is 0 Å². The van der Waals surface area contributed by atoms with E-state index < -0.39 is 17.6 Å². The van der Waals surface area contributed by atoms with Crippen LogP contribution in [0.4, 0.5) is 8.78 Å². The van der Waals surface area contributed by atoms with E-state index in [0.717, 1.165) is 60.2 Å². The number of aryl methyl sites for hydroxylation is 1. The molecule has 1 saturated heterocycles. The third-order valence-corrected chi connectivity index (χ3v) is 8.26. The van der Waals surface area contributed by atoms with Crippen molar-refractivity contribution in [3.63, 3.8) is 0 Å². The van der Waals surface area contributed by atoms with Gasteiger partial charge < -0.3 is 25.2 Å². The van der Waals surface area contributed by atoms with Crippen LogP contribution in [-0.2, 0) is 26.2 Å². The minimum Gasteiger partial charge on any atom is -0.478 e. The van der Waals surface area contributed by atoms with Crippen LogP contribution >= 0.6 is 0 Å². The summed E-state index contributed by atoms with van der Waals surface area (Å²) in [4.78, 5) is 30.3. The molecule has 44 heavy (non-hydrogen) atoms. The number of carboxylic acids is 1. The fourth-order valence-electron chi connectivity index (χ4n) is 5.82. The van der Waals surface area contributed by atoms with Gasteiger partial charge in [-0.2, -0.15) is 0 Å². The average molecular weight is 607 g/mol. The first kappa shape index (κ1) is 30.8. The monoisotopic (exact) mass is 606 g/mol. The van der Waals surface area contributed by atoms with Crippen molar-refractivity contribution in [2.24, 2.45) is 0 Å². The molecular weight excluding hydrogens is 570 g/mol. The molecule has 0 spiro atoms. The summed E-state index contributed by atoms with van der Waals surface area (Å²) in [6.07, 6.45) is 7.13. The number of hydrogen-bond donors (Lipinski definition) is 2. The molecule has 232 valence electrons. The van der Waals surface area contributed by atoms with Gasteiger partial charge in [-0.25, -0.2) is 23.5 Å². The summed E-state index contributed by atoms with van der Waals surface area (Å²) < 4.78 is 31.3. The molecule has 3 aromatic heterocycles. The van der Waals surface area contributed by atoms with E-state index in [1.165, 1.54) is 17.0 Å². The number of hydrogen-bond acceptors (Lipinski definition) is 7. The van der Waals surface area contributed by atoms with Crippen LogP contribution in [0.2, 0.25) is 0 Å². The van der Waals surface area contributed by atoms with E-state index in [-0.39, 0.29) is 35.8 Å². The normalized spacial score (nSPS) is 17.1. The van der Waals surface area contributed by atoms with Gasteiger partial charge in [-0.05, 0) is 69.6 Å². The van der Waals surface area contributed by atoms with Gasteiger partial charge in [0.2, 0.25) is 0 Å². The summed E-state index contributed by atoms with van der Waals surface area (Å²) in [5.41, 5.74) is 3.96. The zero-order valence-corrected chi connectivity index (χ0v) is 24.7. The maximum Gasteiger partial charge on any atom is 0.335 e. The van der Waals surface area contributed by atoms with Crippen LogP contribution in [0.25, 0.3) is 11.0 Å². The Kier molecular flexibility index (Phi) is 9.06. The molecule has 13 heteroatoms. The van der Waals surface area contributed by atoms with E-state index in [2.05, 4.69) is 38.0 Å². The number of nitrogens with zero attached hydrogens (tertiary/aromatic N) is 7. The Balaban J connectivity index is 0.00000384. The maximum atomic E-state index is 14.0. The van der Waals surface area contributed by atoms with Gasteiger partial charge in [-0.15, -0.1) is 9.94 Å². The van der Waals surface area contributed by atoms with Crippen LogP contribution < -0.4 is 11.0 Å². The predicted molar refractivity (Wildman–Crippen MR) is 159 cm³/mol. The van der Waals surface area contributed by atoms with Crippen molar-refractivity contribution in [3.8, 4) is 0 Å². The standard InChI is InChI=1S/C31H33F2N7O3.H3N/c1-3-37-19-34-15-25(37)16-39-29-13-22(31(41)42)5-7-28(29)35-30(39)17-38-10-8-21(12-20(38)2)27-9-11-40(36-27)43-18-23-4-6-24(32)14-26(23)33;/h4-7,9,11,13-15,19-21H,3,8,10,12,16-18H2,1-2H3,(H,41,42);1H3. The van der Waals surface area contributed by atoms with Crippen molar-refractivity contribution < 1.29 is 23.5 Å². The first-order valence-corrected chi connectivity index (χ1v) is 14.4. The first-order valence-electron chi connectivity index (χ1n) is 14.4. The molecular formula is C31H36F2N8O3. The molecule has 2 unspecified atom stereocenters. The van der Waals surface area contributed by atoms with E-state index in [9.17, 15) is 18.7 Å². The number of likely N-dealkylation sites (tertiary alicyclic amines) is 1. The minimum absolute atomic E-state index is 0. The number of carboxylic acid groups (broad SMARTS) is 1. The maximum absolute atomic E-state index is 14.0. The summed E-state index contributed by atoms with van der Waals surface area (Å²) in [6.45, 7) is 6.96. The number of imidazole rings is 2. The molecule has 0 radical (unpaired) electrons. The predicted octanol–water partition coefficient (Wildman–Crippen LogP) is 5.03. The van der Waals surface area contributed by atoms with Gasteiger partial charge in [-0.3, -0.25) is 4.90 Å². The second-order valence-corrected chi connectivity index (χ2v) is 11.0. The Morgan fingerprint density at radius 3 is 2.73 bits per heavy atom. The number of halogens is 2. The molecule has 6 rings (SSSR count). The average Bonchev–Trinajstić information content (AvgIpc) is 3.73. The molecule has 4 N–H and O–H groups in total. The van der Waals surface area contributed by atoms with Crippen LogP contribution in [0.1, 0.15) is 65.7 Å². The summed E-state index contributed by atoms with van der Waals surface area (Å²) >= 11 is 0.